The van der Waals surface area contributed by atoms with Crippen molar-refractivity contribution >= 4 is 33.6 Å². The van der Waals surface area contributed by atoms with Gasteiger partial charge in [-0.15, -0.1) is 0 Å². The largest absolute Gasteiger partial charge is 0.472 e. The Balaban J connectivity index is 4.60. The van der Waals surface area contributed by atoms with E-state index in [-0.39, 0.29) is 19.3 Å². The molecule has 5 atom stereocenters. The number of phosphoric ester groups is 2. The number of aliphatic hydroxyl groups excluding tert-OH is 2. The van der Waals surface area contributed by atoms with Crippen LogP contribution in [0.2, 0.25) is 0 Å². The SMILES string of the molecule is CC/C=C\C/C=C\C/C=C\C/C=C\C/C=C\CCCCCCCCCCCCCCCCCCCC(=O)OCC(O)COP(=O)(O)OCC(O)COP(=O)(O)OCC(COC(=O)CCCCCCCCCCC/C=C\C/C=C\C/C=C\C/C=C\C/C=C\CC)OC(=O)CCCCCCCCCCC/C=C\C/C=C\C/C=C\C/C=C\C/C=C\CC. The Hall–Kier alpha value is -5.35. The summed E-state index contributed by atoms with van der Waals surface area (Å²) in [6.07, 6.45) is 121. The lowest BCUT2D eigenvalue weighted by atomic mass is 10.0. The van der Waals surface area contributed by atoms with Gasteiger partial charge in [-0.3, -0.25) is 32.5 Å². The molecular weight excluding hydrogens is 1530 g/mol. The molecule has 0 saturated heterocycles. The number of esters is 3. The average Bonchev–Trinajstić information content (AvgIpc) is 0.902. The number of hydrogen-bond acceptors (Lipinski definition) is 14. The molecule has 0 fully saturated rings. The van der Waals surface area contributed by atoms with E-state index >= 15 is 0 Å². The fourth-order valence-corrected chi connectivity index (χ4v) is 14.2. The highest BCUT2D eigenvalue weighted by atomic mass is 31.2. The molecule has 0 amide bonds. The van der Waals surface area contributed by atoms with Gasteiger partial charge in [-0.1, -0.05) is 389 Å². The van der Waals surface area contributed by atoms with Crippen LogP contribution in [-0.2, 0) is 55.8 Å². The number of hydrogen-bond donors (Lipinski definition) is 4. The molecule has 0 bridgehead atoms. The van der Waals surface area contributed by atoms with E-state index in [0.29, 0.717) is 19.3 Å². The number of phosphoric acid groups is 2. The lowest BCUT2D eigenvalue weighted by molar-refractivity contribution is -0.161. The van der Waals surface area contributed by atoms with Gasteiger partial charge in [-0.25, -0.2) is 9.13 Å². The number of aliphatic hydroxyl groups is 2. The highest BCUT2D eigenvalue weighted by Gasteiger charge is 2.29. The highest BCUT2D eigenvalue weighted by Crippen LogP contribution is 2.45. The van der Waals surface area contributed by atoms with Crippen molar-refractivity contribution in [3.8, 4) is 0 Å². The molecule has 0 aliphatic rings. The van der Waals surface area contributed by atoms with Crippen molar-refractivity contribution in [1.29, 1.82) is 0 Å². The van der Waals surface area contributed by atoms with Crippen LogP contribution in [0.4, 0.5) is 0 Å². The van der Waals surface area contributed by atoms with Gasteiger partial charge in [0.25, 0.3) is 0 Å². The van der Waals surface area contributed by atoms with Crippen LogP contribution in [0, 0.1) is 0 Å². The smallest absolute Gasteiger partial charge is 0.463 e. The molecule has 0 aliphatic heterocycles. The minimum Gasteiger partial charge on any atom is -0.463 e. The Kier molecular flexibility index (Phi) is 87.7. The molecule has 0 heterocycles. The van der Waals surface area contributed by atoms with Crippen LogP contribution in [0.5, 0.6) is 0 Å². The Morgan fingerprint density at radius 3 is 0.664 bits per heavy atom. The maximum atomic E-state index is 13.1. The zero-order chi connectivity index (χ0) is 86.5. The van der Waals surface area contributed by atoms with Crippen molar-refractivity contribution in [2.24, 2.45) is 0 Å². The molecule has 18 heteroatoms. The number of carbonyl (C=O) groups excluding carboxylic acids is 3. The molecule has 5 unspecified atom stereocenters. The van der Waals surface area contributed by atoms with Crippen molar-refractivity contribution in [1.82, 2.24) is 0 Å². The number of carbonyl (C=O) groups is 3. The van der Waals surface area contributed by atoms with Crippen molar-refractivity contribution in [2.75, 3.05) is 39.6 Å². The summed E-state index contributed by atoms with van der Waals surface area (Å²) in [6.45, 7) is 2.37. The summed E-state index contributed by atoms with van der Waals surface area (Å²) in [5, 5.41) is 20.8. The molecular formula is C101H170O16P2. The second kappa shape index (κ2) is 91.8. The standard InChI is InChI=1S/C101H170O16P2/c1-4-7-10-13-16-19-22-25-28-31-34-37-40-43-44-45-46-47-48-49-50-53-55-57-60-63-66-69-72-75-78-81-84-87-99(104)111-90-96(102)91-113-118(107,108)114-92-97(103)93-115-119(109,110)116-95-98(117-101(106)89-86-83-80-77-74-71-68-65-62-59-56-52-42-39-36-33-30-27-24-21-18-15-12-9-6-3)94-112-100(105)88-85-82-79-76-73-70-67-64-61-58-54-51-41-38-35-32-29-26-23-20-17-14-11-8-5-2/h7-12,16-21,25-30,34-39,43-44,51-52,54,56,96-98,102-103H,4-6,13-15,22-24,31-33,40-42,45-50,53,55,57-95H2,1-3H3,(H,107,108)(H,109,110)/b10-7-,11-8-,12-9-,19-16-,20-17-,21-18-,28-25-,29-26-,30-27-,37-34-,38-35-,39-36-,44-43-,54-51-,56-52-. The van der Waals surface area contributed by atoms with E-state index < -0.39 is 91.5 Å². The van der Waals surface area contributed by atoms with Crippen molar-refractivity contribution in [3.63, 3.8) is 0 Å². The summed E-state index contributed by atoms with van der Waals surface area (Å²) >= 11 is 0. The monoisotopic (exact) mass is 1700 g/mol. The third kappa shape index (κ3) is 93.2. The lowest BCUT2D eigenvalue weighted by Gasteiger charge is -2.21. The fraction of sp³-hybridized carbons (Fsp3) is 0.673. The van der Waals surface area contributed by atoms with Crippen LogP contribution in [0.15, 0.2) is 182 Å². The summed E-state index contributed by atoms with van der Waals surface area (Å²) in [5.74, 6) is -1.58. The quantitative estimate of drug-likeness (QED) is 0.0146. The van der Waals surface area contributed by atoms with E-state index in [2.05, 4.69) is 203 Å². The van der Waals surface area contributed by atoms with Gasteiger partial charge in [-0.2, -0.15) is 0 Å². The molecule has 119 heavy (non-hydrogen) atoms. The van der Waals surface area contributed by atoms with E-state index in [0.717, 1.165) is 180 Å². The molecule has 680 valence electrons. The van der Waals surface area contributed by atoms with Gasteiger partial charge in [0, 0.05) is 19.3 Å². The topological polar surface area (TPSA) is 231 Å². The van der Waals surface area contributed by atoms with Gasteiger partial charge in [0.1, 0.15) is 25.4 Å². The Morgan fingerprint density at radius 1 is 0.235 bits per heavy atom. The molecule has 0 aromatic carbocycles. The first-order chi connectivity index (χ1) is 58.2. The first-order valence-electron chi connectivity index (χ1n) is 47.1. The number of unbranched alkanes of at least 4 members (excludes halogenated alkanes) is 35. The van der Waals surface area contributed by atoms with Gasteiger partial charge >= 0.3 is 33.6 Å². The molecule has 0 rings (SSSR count). The molecule has 0 aromatic heterocycles. The summed E-state index contributed by atoms with van der Waals surface area (Å²) in [6, 6.07) is 0. The summed E-state index contributed by atoms with van der Waals surface area (Å²) in [7, 11) is -9.82. The molecule has 0 aliphatic carbocycles. The van der Waals surface area contributed by atoms with Gasteiger partial charge < -0.3 is 34.2 Å². The number of ether oxygens (including phenoxy) is 3. The zero-order valence-electron chi connectivity index (χ0n) is 75.0. The van der Waals surface area contributed by atoms with E-state index in [9.17, 15) is 43.5 Å². The minimum absolute atomic E-state index is 0.0903. The molecule has 0 radical (unpaired) electrons. The summed E-state index contributed by atoms with van der Waals surface area (Å²) < 4.78 is 61.5. The fourth-order valence-electron chi connectivity index (χ4n) is 12.6. The third-order valence-electron chi connectivity index (χ3n) is 19.6. The first kappa shape index (κ1) is 114. The van der Waals surface area contributed by atoms with Gasteiger partial charge in [0.15, 0.2) is 6.10 Å². The second-order valence-corrected chi connectivity index (χ2v) is 33.9. The summed E-state index contributed by atoms with van der Waals surface area (Å²) in [5.41, 5.74) is 0. The Bertz CT molecular complexity index is 2890. The van der Waals surface area contributed by atoms with Crippen LogP contribution in [0.25, 0.3) is 0 Å². The van der Waals surface area contributed by atoms with E-state index in [1.807, 2.05) is 0 Å². The van der Waals surface area contributed by atoms with E-state index in [4.69, 9.17) is 32.3 Å². The van der Waals surface area contributed by atoms with Gasteiger partial charge in [-0.05, 0) is 154 Å². The molecule has 4 N–H and O–H groups in total. The third-order valence-corrected chi connectivity index (χ3v) is 21.5. The normalized spacial score (nSPS) is 14.6. The van der Waals surface area contributed by atoms with E-state index in [1.54, 1.807) is 0 Å². The van der Waals surface area contributed by atoms with Crippen molar-refractivity contribution < 1.29 is 75.8 Å². The predicted molar refractivity (Wildman–Crippen MR) is 500 cm³/mol. The van der Waals surface area contributed by atoms with Gasteiger partial charge in [0.2, 0.25) is 0 Å². The van der Waals surface area contributed by atoms with Crippen LogP contribution in [0.3, 0.4) is 0 Å². The van der Waals surface area contributed by atoms with Crippen LogP contribution in [0.1, 0.15) is 380 Å². The molecule has 16 nitrogen and oxygen atoms in total. The Labute approximate surface area is 725 Å². The number of allylic oxidation sites excluding steroid dienone is 30. The van der Waals surface area contributed by atoms with Crippen LogP contribution >= 0.6 is 15.6 Å². The van der Waals surface area contributed by atoms with Crippen LogP contribution in [-0.4, -0.2) is 95.9 Å². The minimum atomic E-state index is -4.95. The van der Waals surface area contributed by atoms with E-state index in [1.165, 1.54) is 141 Å². The molecule has 0 spiro atoms. The average molecular weight is 1700 g/mol. The summed E-state index contributed by atoms with van der Waals surface area (Å²) in [4.78, 5) is 59.1. The first-order valence-corrected chi connectivity index (χ1v) is 50.1. The Morgan fingerprint density at radius 2 is 0.420 bits per heavy atom. The maximum Gasteiger partial charge on any atom is 0.472 e. The van der Waals surface area contributed by atoms with Gasteiger partial charge in [0.05, 0.1) is 26.4 Å². The van der Waals surface area contributed by atoms with Crippen LogP contribution < -0.4 is 0 Å². The lowest BCUT2D eigenvalue weighted by Crippen LogP contribution is -2.30. The molecule has 0 saturated carbocycles. The zero-order valence-corrected chi connectivity index (χ0v) is 76.8. The molecule has 0 aromatic rings. The highest BCUT2D eigenvalue weighted by molar-refractivity contribution is 7.47. The van der Waals surface area contributed by atoms with Crippen molar-refractivity contribution in [3.05, 3.63) is 182 Å². The van der Waals surface area contributed by atoms with Crippen molar-refractivity contribution in [2.45, 2.75) is 399 Å². The second-order valence-electron chi connectivity index (χ2n) is 31.0. The predicted octanol–water partition coefficient (Wildman–Crippen LogP) is 29.2. The number of rotatable bonds is 88. The maximum absolute atomic E-state index is 13.1.